The molecule has 0 N–H and O–H groups in total. The molecule has 0 bridgehead atoms. The smallest absolute Gasteiger partial charge is 0.432 e. The third kappa shape index (κ3) is 15.9. The summed E-state index contributed by atoms with van der Waals surface area (Å²) in [7, 11) is 0. The molecule has 12 nitrogen and oxygen atoms in total. The molecule has 2 rings (SSSR count). The summed E-state index contributed by atoms with van der Waals surface area (Å²) in [6, 6.07) is 13.7. The Labute approximate surface area is 257 Å². The molecule has 44 heavy (non-hydrogen) atoms. The van der Waals surface area contributed by atoms with Crippen molar-refractivity contribution in [1.29, 1.82) is 0 Å². The lowest BCUT2D eigenvalue weighted by Crippen LogP contribution is -2.14. The molecule has 2 aromatic rings. The highest BCUT2D eigenvalue weighted by atomic mass is 17.5. The van der Waals surface area contributed by atoms with Crippen LogP contribution in [0, 0.1) is 0 Å². The first-order chi connectivity index (χ1) is 21.4. The average molecular weight is 619 g/mol. The van der Waals surface area contributed by atoms with Crippen molar-refractivity contribution in [2.24, 2.45) is 0 Å². The molecular weight excluding hydrogens is 576 g/mol. The first-order valence-corrected chi connectivity index (χ1v) is 15.0. The Morgan fingerprint density at radius 2 is 0.864 bits per heavy atom. The van der Waals surface area contributed by atoms with Gasteiger partial charge in [0.2, 0.25) is 0 Å². The summed E-state index contributed by atoms with van der Waals surface area (Å²) < 4.78 is 9.49. The molecular formula is C32H42O12. The summed E-state index contributed by atoms with van der Waals surface area (Å²) in [4.78, 5) is 64.4. The fourth-order valence-corrected chi connectivity index (χ4v) is 3.94. The minimum Gasteiger partial charge on any atom is -0.432 e. The van der Waals surface area contributed by atoms with E-state index in [9.17, 15) is 19.2 Å². The van der Waals surface area contributed by atoms with E-state index < -0.39 is 24.2 Å². The Balaban J connectivity index is 1.46. The minimum atomic E-state index is -1.22. The van der Waals surface area contributed by atoms with Gasteiger partial charge >= 0.3 is 24.2 Å². The molecule has 0 fully saturated rings. The van der Waals surface area contributed by atoms with Gasteiger partial charge in [0.05, 0.1) is 34.4 Å². The number of rotatable bonds is 21. The molecule has 0 aliphatic rings. The molecule has 0 aliphatic carbocycles. The van der Waals surface area contributed by atoms with Crippen molar-refractivity contribution >= 4 is 24.2 Å². The third-order valence-corrected chi connectivity index (χ3v) is 6.42. The fraction of sp³-hybridized carbons (Fsp3) is 0.500. The summed E-state index contributed by atoms with van der Waals surface area (Å²) in [6.07, 6.45) is 9.21. The number of ether oxygens (including phenoxy) is 2. The predicted octanol–water partition coefficient (Wildman–Crippen LogP) is 7.73. The van der Waals surface area contributed by atoms with Crippen LogP contribution in [0.4, 0.5) is 9.59 Å². The second kappa shape index (κ2) is 22.4. The molecule has 0 aromatic heterocycles. The number of carbonyl (C=O) groups excluding carboxylic acids is 4. The lowest BCUT2D eigenvalue weighted by molar-refractivity contribution is -0.452. The van der Waals surface area contributed by atoms with E-state index >= 15 is 0 Å². The normalized spacial score (nSPS) is 10.5. The Morgan fingerprint density at radius 1 is 0.477 bits per heavy atom. The van der Waals surface area contributed by atoms with Crippen LogP contribution in [0.2, 0.25) is 0 Å². The Bertz CT molecular complexity index is 1030. The van der Waals surface area contributed by atoms with Gasteiger partial charge in [-0.05, 0) is 73.9 Å². The van der Waals surface area contributed by atoms with Crippen molar-refractivity contribution in [2.45, 2.75) is 90.9 Å². The van der Waals surface area contributed by atoms with Crippen molar-refractivity contribution in [1.82, 2.24) is 0 Å². The Morgan fingerprint density at radius 3 is 1.23 bits per heavy atom. The fourth-order valence-electron chi connectivity index (χ4n) is 3.94. The van der Waals surface area contributed by atoms with Gasteiger partial charge in [-0.25, -0.2) is 29.0 Å². The minimum absolute atomic E-state index is 0.0973. The van der Waals surface area contributed by atoms with Gasteiger partial charge in [-0.1, -0.05) is 76.6 Å². The van der Waals surface area contributed by atoms with Crippen LogP contribution in [0.15, 0.2) is 48.5 Å². The second-order valence-electron chi connectivity index (χ2n) is 9.96. The highest BCUT2D eigenvalue weighted by molar-refractivity contribution is 5.89. The van der Waals surface area contributed by atoms with Crippen molar-refractivity contribution in [3.63, 3.8) is 0 Å². The predicted molar refractivity (Wildman–Crippen MR) is 156 cm³/mol. The van der Waals surface area contributed by atoms with Crippen molar-refractivity contribution in [3.8, 4) is 0 Å². The van der Waals surface area contributed by atoms with Gasteiger partial charge in [-0.2, -0.15) is 0 Å². The average Bonchev–Trinajstić information content (AvgIpc) is 3.03. The van der Waals surface area contributed by atoms with Gasteiger partial charge in [0.25, 0.3) is 0 Å². The lowest BCUT2D eigenvalue weighted by atomic mass is 10.0. The summed E-state index contributed by atoms with van der Waals surface area (Å²) in [6.45, 7) is 4.12. The number of unbranched alkanes of at least 4 members (excludes halogenated alkanes) is 7. The first-order valence-electron chi connectivity index (χ1n) is 15.0. The molecule has 0 atom stereocenters. The summed E-state index contributed by atoms with van der Waals surface area (Å²) in [5.74, 6) is -1.67. The first kappa shape index (κ1) is 36.0. The topological polar surface area (TPSA) is 142 Å². The van der Waals surface area contributed by atoms with Crippen LogP contribution >= 0.6 is 0 Å². The van der Waals surface area contributed by atoms with Crippen LogP contribution in [-0.2, 0) is 51.9 Å². The number of benzene rings is 2. The van der Waals surface area contributed by atoms with Gasteiger partial charge in [-0.3, -0.25) is 9.78 Å². The van der Waals surface area contributed by atoms with Gasteiger partial charge < -0.3 is 9.47 Å². The molecule has 0 saturated heterocycles. The number of aryl methyl sites for hydroxylation is 2. The van der Waals surface area contributed by atoms with E-state index in [0.717, 1.165) is 49.7 Å². The maximum absolute atomic E-state index is 12.0. The zero-order valence-corrected chi connectivity index (χ0v) is 25.4. The van der Waals surface area contributed by atoms with E-state index in [1.54, 1.807) is 24.3 Å². The van der Waals surface area contributed by atoms with Gasteiger partial charge in [0.15, 0.2) is 0 Å². The molecule has 0 spiro atoms. The largest absolute Gasteiger partial charge is 0.543 e. The lowest BCUT2D eigenvalue weighted by Gasteiger charge is -2.06. The quantitative estimate of drug-likeness (QED) is 0.0585. The van der Waals surface area contributed by atoms with Crippen molar-refractivity contribution in [2.75, 3.05) is 13.2 Å². The third-order valence-electron chi connectivity index (χ3n) is 6.42. The van der Waals surface area contributed by atoms with Crippen LogP contribution in [0.25, 0.3) is 0 Å². The number of carbonyl (C=O) groups is 4. The van der Waals surface area contributed by atoms with Crippen molar-refractivity contribution in [3.05, 3.63) is 70.8 Å². The maximum atomic E-state index is 12.0. The maximum Gasteiger partial charge on any atom is 0.543 e. The van der Waals surface area contributed by atoms with Crippen LogP contribution in [0.3, 0.4) is 0 Å². The molecule has 0 amide bonds. The number of hydrogen-bond acceptors (Lipinski definition) is 12. The summed E-state index contributed by atoms with van der Waals surface area (Å²) >= 11 is 0. The molecule has 2 aromatic carbocycles. The second-order valence-corrected chi connectivity index (χ2v) is 9.96. The molecule has 242 valence electrons. The molecule has 0 saturated carbocycles. The molecule has 0 aliphatic heterocycles. The summed E-state index contributed by atoms with van der Waals surface area (Å²) in [5, 5.41) is 8.39. The monoisotopic (exact) mass is 618 g/mol. The highest BCUT2D eigenvalue weighted by Crippen LogP contribution is 2.12. The molecule has 12 heteroatoms. The zero-order valence-electron chi connectivity index (χ0n) is 25.4. The van der Waals surface area contributed by atoms with Crippen LogP contribution < -0.4 is 0 Å². The SMILES string of the molecule is CCCCCCc1ccc(C(=O)OOOC(=O)OCCCCOC(=O)OOOC(=O)c2ccc(CCCCCC)cc2)cc1. The molecule has 0 unspecified atom stereocenters. The van der Waals surface area contributed by atoms with Gasteiger partial charge in [0, 0.05) is 0 Å². The Kier molecular flexibility index (Phi) is 18.3. The number of hydrogen-bond donors (Lipinski definition) is 0. The van der Waals surface area contributed by atoms with Crippen LogP contribution in [-0.4, -0.2) is 37.5 Å². The van der Waals surface area contributed by atoms with E-state index in [1.807, 2.05) is 24.3 Å². The van der Waals surface area contributed by atoms with E-state index in [-0.39, 0.29) is 37.2 Å². The van der Waals surface area contributed by atoms with Crippen LogP contribution in [0.5, 0.6) is 0 Å². The van der Waals surface area contributed by atoms with E-state index in [4.69, 9.17) is 9.47 Å². The molecule has 0 radical (unpaired) electrons. The van der Waals surface area contributed by atoms with E-state index in [0.29, 0.717) is 0 Å². The summed E-state index contributed by atoms with van der Waals surface area (Å²) in [5.41, 5.74) is 2.69. The molecule has 0 heterocycles. The van der Waals surface area contributed by atoms with E-state index in [2.05, 4.69) is 43.5 Å². The van der Waals surface area contributed by atoms with Crippen LogP contribution in [0.1, 0.15) is 110 Å². The van der Waals surface area contributed by atoms with Gasteiger partial charge in [0.1, 0.15) is 0 Å². The van der Waals surface area contributed by atoms with E-state index in [1.165, 1.54) is 25.7 Å². The Hall–Kier alpha value is -4.16. The van der Waals surface area contributed by atoms with Crippen molar-refractivity contribution < 1.29 is 58.3 Å². The highest BCUT2D eigenvalue weighted by Gasteiger charge is 2.14. The zero-order chi connectivity index (χ0) is 31.8. The van der Waals surface area contributed by atoms with Gasteiger partial charge in [-0.15, -0.1) is 0 Å². The standard InChI is InChI=1S/C32H42O12/c1-3-5-7-9-13-25-15-19-27(20-16-25)29(33)39-43-41-31(35)37-23-11-12-24-38-32(36)42-44-40-30(34)28-21-17-26(18-22-28)14-10-8-6-4-2/h15-22H,3-14,23-24H2,1-2H3.